The zero-order valence-electron chi connectivity index (χ0n) is 11.8. The first-order valence-electron chi connectivity index (χ1n) is 7.36. The average Bonchev–Trinajstić information content (AvgIpc) is 3.22. The van der Waals surface area contributed by atoms with E-state index in [9.17, 15) is 5.11 Å². The number of hydrogen-bond donors (Lipinski definition) is 1. The molecule has 1 unspecified atom stereocenters. The minimum atomic E-state index is -0.412. The Labute approximate surface area is 116 Å². The van der Waals surface area contributed by atoms with Gasteiger partial charge < -0.3 is 14.7 Å². The predicted octanol–water partition coefficient (Wildman–Crippen LogP) is 2.55. The van der Waals surface area contributed by atoms with Gasteiger partial charge in [-0.05, 0) is 43.9 Å². The molecule has 3 heteroatoms. The number of ether oxygens (including phenoxy) is 1. The molecule has 106 valence electrons. The van der Waals surface area contributed by atoms with Gasteiger partial charge in [-0.1, -0.05) is 25.1 Å². The van der Waals surface area contributed by atoms with Gasteiger partial charge in [0.05, 0.1) is 0 Å². The predicted molar refractivity (Wildman–Crippen MR) is 77.4 cm³/mol. The minimum absolute atomic E-state index is 0.370. The lowest BCUT2D eigenvalue weighted by atomic mass is 10.2. The highest BCUT2D eigenvalue weighted by Crippen LogP contribution is 2.29. The Kier molecular flexibility index (Phi) is 5.67. The molecule has 0 spiro atoms. The second-order valence-electron chi connectivity index (χ2n) is 5.48. The molecule has 1 aliphatic rings. The molecule has 0 heterocycles. The van der Waals surface area contributed by atoms with E-state index in [1.807, 2.05) is 30.3 Å². The Hall–Kier alpha value is -1.06. The molecule has 19 heavy (non-hydrogen) atoms. The van der Waals surface area contributed by atoms with Crippen LogP contribution in [0.4, 0.5) is 0 Å². The molecule has 1 atom stereocenters. The topological polar surface area (TPSA) is 32.7 Å². The zero-order valence-corrected chi connectivity index (χ0v) is 11.8. The first-order chi connectivity index (χ1) is 9.28. The Morgan fingerprint density at radius 3 is 2.68 bits per heavy atom. The molecule has 1 saturated carbocycles. The molecule has 0 radical (unpaired) electrons. The lowest BCUT2D eigenvalue weighted by Crippen LogP contribution is -2.37. The summed E-state index contributed by atoms with van der Waals surface area (Å²) in [7, 11) is 0. The highest BCUT2D eigenvalue weighted by atomic mass is 16.5. The van der Waals surface area contributed by atoms with Gasteiger partial charge in [0, 0.05) is 13.1 Å². The highest BCUT2D eigenvalue weighted by molar-refractivity contribution is 5.20. The summed E-state index contributed by atoms with van der Waals surface area (Å²) < 4.78 is 5.59. The fraction of sp³-hybridized carbons (Fsp3) is 0.625. The standard InChI is InChI=1S/C16H25NO2/c1-2-10-17(11-14-8-9-14)12-15(18)13-19-16-6-4-3-5-7-16/h3-7,14-15,18H,2,8-13H2,1H3. The lowest BCUT2D eigenvalue weighted by Gasteiger charge is -2.24. The van der Waals surface area contributed by atoms with E-state index < -0.39 is 6.10 Å². The largest absolute Gasteiger partial charge is 0.491 e. The van der Waals surface area contributed by atoms with E-state index >= 15 is 0 Å². The molecule has 0 bridgehead atoms. The van der Waals surface area contributed by atoms with Crippen molar-refractivity contribution in [2.75, 3.05) is 26.2 Å². The Morgan fingerprint density at radius 1 is 1.32 bits per heavy atom. The Morgan fingerprint density at radius 2 is 2.05 bits per heavy atom. The van der Waals surface area contributed by atoms with Gasteiger partial charge in [-0.15, -0.1) is 0 Å². The van der Waals surface area contributed by atoms with Crippen LogP contribution < -0.4 is 4.74 Å². The van der Waals surface area contributed by atoms with E-state index in [0.717, 1.165) is 37.7 Å². The quantitative estimate of drug-likeness (QED) is 0.743. The van der Waals surface area contributed by atoms with Crippen LogP contribution in [0.1, 0.15) is 26.2 Å². The average molecular weight is 263 g/mol. The number of para-hydroxylation sites is 1. The van der Waals surface area contributed by atoms with Crippen molar-refractivity contribution in [3.63, 3.8) is 0 Å². The third-order valence-corrected chi connectivity index (χ3v) is 3.41. The number of benzene rings is 1. The number of aliphatic hydroxyl groups is 1. The smallest absolute Gasteiger partial charge is 0.119 e. The van der Waals surface area contributed by atoms with Gasteiger partial charge in [0.25, 0.3) is 0 Å². The molecule has 1 aromatic carbocycles. The first-order valence-corrected chi connectivity index (χ1v) is 7.36. The Balaban J connectivity index is 1.70. The second-order valence-corrected chi connectivity index (χ2v) is 5.48. The van der Waals surface area contributed by atoms with Gasteiger partial charge in [0.15, 0.2) is 0 Å². The molecule has 1 fully saturated rings. The molecule has 2 rings (SSSR count). The van der Waals surface area contributed by atoms with Crippen LogP contribution >= 0.6 is 0 Å². The summed E-state index contributed by atoms with van der Waals surface area (Å²) in [5.41, 5.74) is 0. The van der Waals surface area contributed by atoms with E-state index in [0.29, 0.717) is 6.61 Å². The fourth-order valence-electron chi connectivity index (χ4n) is 2.30. The van der Waals surface area contributed by atoms with Crippen LogP contribution in [0, 0.1) is 5.92 Å². The molecular formula is C16H25NO2. The SMILES string of the molecule is CCCN(CC(O)COc1ccccc1)CC1CC1. The van der Waals surface area contributed by atoms with Crippen molar-refractivity contribution >= 4 is 0 Å². The number of hydrogen-bond acceptors (Lipinski definition) is 3. The maximum Gasteiger partial charge on any atom is 0.119 e. The third-order valence-electron chi connectivity index (χ3n) is 3.41. The number of aliphatic hydroxyl groups excluding tert-OH is 1. The van der Waals surface area contributed by atoms with Crippen molar-refractivity contribution in [3.8, 4) is 5.75 Å². The van der Waals surface area contributed by atoms with Crippen molar-refractivity contribution in [2.24, 2.45) is 5.92 Å². The normalized spacial score (nSPS) is 16.6. The van der Waals surface area contributed by atoms with Crippen LogP contribution in [0.15, 0.2) is 30.3 Å². The van der Waals surface area contributed by atoms with Gasteiger partial charge in [-0.25, -0.2) is 0 Å². The van der Waals surface area contributed by atoms with Crippen LogP contribution in [-0.2, 0) is 0 Å². The summed E-state index contributed by atoms with van der Waals surface area (Å²) in [5.74, 6) is 1.69. The molecule has 0 saturated heterocycles. The monoisotopic (exact) mass is 263 g/mol. The maximum atomic E-state index is 10.1. The van der Waals surface area contributed by atoms with E-state index in [2.05, 4.69) is 11.8 Å². The minimum Gasteiger partial charge on any atom is -0.491 e. The van der Waals surface area contributed by atoms with Crippen LogP contribution in [0.5, 0.6) is 5.75 Å². The van der Waals surface area contributed by atoms with Gasteiger partial charge >= 0.3 is 0 Å². The second kappa shape index (κ2) is 7.51. The summed E-state index contributed by atoms with van der Waals surface area (Å²) in [6.45, 7) is 5.48. The summed E-state index contributed by atoms with van der Waals surface area (Å²) in [6.07, 6.45) is 3.44. The van der Waals surface area contributed by atoms with Gasteiger partial charge in [-0.2, -0.15) is 0 Å². The highest BCUT2D eigenvalue weighted by Gasteiger charge is 2.24. The van der Waals surface area contributed by atoms with Crippen LogP contribution in [0.2, 0.25) is 0 Å². The van der Waals surface area contributed by atoms with Crippen molar-refractivity contribution in [1.29, 1.82) is 0 Å². The molecule has 1 aliphatic carbocycles. The van der Waals surface area contributed by atoms with Gasteiger partial charge in [0.2, 0.25) is 0 Å². The van der Waals surface area contributed by atoms with Crippen LogP contribution in [-0.4, -0.2) is 42.4 Å². The van der Waals surface area contributed by atoms with E-state index in [1.54, 1.807) is 0 Å². The molecule has 3 nitrogen and oxygen atoms in total. The fourth-order valence-corrected chi connectivity index (χ4v) is 2.30. The van der Waals surface area contributed by atoms with Crippen molar-refractivity contribution in [2.45, 2.75) is 32.3 Å². The number of rotatable bonds is 9. The van der Waals surface area contributed by atoms with Crippen LogP contribution in [0.3, 0.4) is 0 Å². The molecule has 0 amide bonds. The molecule has 0 aromatic heterocycles. The van der Waals surface area contributed by atoms with Crippen molar-refractivity contribution in [1.82, 2.24) is 4.90 Å². The van der Waals surface area contributed by atoms with Crippen LogP contribution in [0.25, 0.3) is 0 Å². The van der Waals surface area contributed by atoms with E-state index in [4.69, 9.17) is 4.74 Å². The molecule has 1 aromatic rings. The Bertz CT molecular complexity index is 351. The third kappa shape index (κ3) is 5.62. The van der Waals surface area contributed by atoms with Gasteiger partial charge in [-0.3, -0.25) is 0 Å². The summed E-state index contributed by atoms with van der Waals surface area (Å²) in [4.78, 5) is 2.37. The van der Waals surface area contributed by atoms with Crippen molar-refractivity contribution in [3.05, 3.63) is 30.3 Å². The van der Waals surface area contributed by atoms with E-state index in [1.165, 1.54) is 12.8 Å². The molecular weight excluding hydrogens is 238 g/mol. The van der Waals surface area contributed by atoms with Crippen molar-refractivity contribution < 1.29 is 9.84 Å². The lowest BCUT2D eigenvalue weighted by molar-refractivity contribution is 0.0666. The maximum absolute atomic E-state index is 10.1. The zero-order chi connectivity index (χ0) is 13.5. The molecule has 1 N–H and O–H groups in total. The summed E-state index contributed by atoms with van der Waals surface area (Å²) in [5, 5.41) is 10.1. The number of nitrogens with zero attached hydrogens (tertiary/aromatic N) is 1. The summed E-state index contributed by atoms with van der Waals surface area (Å²) >= 11 is 0. The van der Waals surface area contributed by atoms with E-state index in [-0.39, 0.29) is 0 Å². The summed E-state index contributed by atoms with van der Waals surface area (Å²) in [6, 6.07) is 9.68. The first kappa shape index (κ1) is 14.4. The van der Waals surface area contributed by atoms with Gasteiger partial charge in [0.1, 0.15) is 18.5 Å². The molecule has 0 aliphatic heterocycles.